The van der Waals surface area contributed by atoms with Gasteiger partial charge in [-0.3, -0.25) is 9.59 Å². The minimum atomic E-state index is -0.751. The molecule has 0 aromatic carbocycles. The predicted octanol–water partition coefficient (Wildman–Crippen LogP) is 0.400. The molecule has 1 aromatic rings. The van der Waals surface area contributed by atoms with Crippen LogP contribution >= 0.6 is 0 Å². The van der Waals surface area contributed by atoms with Crippen molar-refractivity contribution in [1.82, 2.24) is 20.5 Å². The Morgan fingerprint density at radius 3 is 2.62 bits per heavy atom. The molecule has 2 heterocycles. The molecule has 1 aliphatic heterocycles. The van der Waals surface area contributed by atoms with Crippen LogP contribution in [0.1, 0.15) is 24.8 Å². The Labute approximate surface area is 151 Å². The summed E-state index contributed by atoms with van der Waals surface area (Å²) in [6.45, 7) is 2.56. The largest absolute Gasteiger partial charge is 0.480 e. The number of carbonyl (C=O) groups is 3. The maximum absolute atomic E-state index is 12.4. The first-order chi connectivity index (χ1) is 12.5. The highest BCUT2D eigenvalue weighted by atomic mass is 16.5. The van der Waals surface area contributed by atoms with Gasteiger partial charge >= 0.3 is 17.8 Å². The van der Waals surface area contributed by atoms with Crippen molar-refractivity contribution in [2.24, 2.45) is 0 Å². The van der Waals surface area contributed by atoms with E-state index in [9.17, 15) is 14.4 Å². The van der Waals surface area contributed by atoms with Crippen LogP contribution in [0.5, 0.6) is 5.88 Å². The number of ether oxygens (including phenoxy) is 1. The molecule has 0 radical (unpaired) electrons. The number of anilines is 1. The second-order valence-electron chi connectivity index (χ2n) is 6.65. The zero-order chi connectivity index (χ0) is 18.7. The third-order valence-electron chi connectivity index (χ3n) is 4.35. The number of hydrogen-bond donors (Lipinski definition) is 3. The van der Waals surface area contributed by atoms with Gasteiger partial charge in [-0.25, -0.2) is 9.78 Å². The van der Waals surface area contributed by atoms with E-state index in [0.717, 1.165) is 18.4 Å². The average Bonchev–Trinajstić information content (AvgIpc) is 3.29. The summed E-state index contributed by atoms with van der Waals surface area (Å²) in [7, 11) is 1.44. The van der Waals surface area contributed by atoms with Crippen LogP contribution < -0.4 is 20.7 Å². The number of aryl methyl sites for hydroxylation is 1. The van der Waals surface area contributed by atoms with Gasteiger partial charge in [-0.15, -0.1) is 0 Å². The summed E-state index contributed by atoms with van der Waals surface area (Å²) in [5.74, 6) is -1.14. The van der Waals surface area contributed by atoms with Crippen LogP contribution in [0.15, 0.2) is 12.3 Å². The Kier molecular flexibility index (Phi) is 5.24. The first kappa shape index (κ1) is 18.0. The summed E-state index contributed by atoms with van der Waals surface area (Å²) in [5, 5.41) is 8.24. The molecular weight excluding hydrogens is 338 g/mol. The van der Waals surface area contributed by atoms with Crippen LogP contribution in [0.25, 0.3) is 0 Å². The highest BCUT2D eigenvalue weighted by Gasteiger charge is 2.32. The van der Waals surface area contributed by atoms with E-state index >= 15 is 0 Å². The number of carbonyl (C=O) groups excluding carboxylic acids is 3. The SMILES string of the molecule is COc1ncc(C)cc1NC(=O)C(=O)N1CCC(NC(=O)NC2CC2)C1. The van der Waals surface area contributed by atoms with Crippen molar-refractivity contribution >= 4 is 23.5 Å². The molecule has 1 aliphatic carbocycles. The Morgan fingerprint density at radius 1 is 1.19 bits per heavy atom. The topological polar surface area (TPSA) is 113 Å². The number of amides is 4. The number of methoxy groups -OCH3 is 1. The van der Waals surface area contributed by atoms with Gasteiger partial charge in [0.1, 0.15) is 5.69 Å². The van der Waals surface area contributed by atoms with E-state index in [2.05, 4.69) is 20.9 Å². The average molecular weight is 361 g/mol. The molecule has 1 aromatic heterocycles. The number of urea groups is 1. The lowest BCUT2D eigenvalue weighted by Gasteiger charge is -2.17. The molecule has 2 fully saturated rings. The molecule has 1 unspecified atom stereocenters. The lowest BCUT2D eigenvalue weighted by Crippen LogP contribution is -2.45. The number of nitrogens with one attached hydrogen (secondary N) is 3. The van der Waals surface area contributed by atoms with E-state index in [1.54, 1.807) is 12.3 Å². The van der Waals surface area contributed by atoms with E-state index in [0.29, 0.717) is 25.2 Å². The minimum absolute atomic E-state index is 0.152. The number of rotatable bonds is 4. The number of aromatic nitrogens is 1. The van der Waals surface area contributed by atoms with Gasteiger partial charge in [0, 0.05) is 31.4 Å². The molecule has 1 saturated heterocycles. The molecule has 1 atom stereocenters. The van der Waals surface area contributed by atoms with Crippen LogP contribution in [-0.4, -0.2) is 60.0 Å². The van der Waals surface area contributed by atoms with Crippen molar-refractivity contribution in [2.45, 2.75) is 38.3 Å². The van der Waals surface area contributed by atoms with Crippen LogP contribution in [-0.2, 0) is 9.59 Å². The molecule has 3 N–H and O–H groups in total. The monoisotopic (exact) mass is 361 g/mol. The maximum Gasteiger partial charge on any atom is 0.315 e. The van der Waals surface area contributed by atoms with Gasteiger partial charge in [-0.1, -0.05) is 0 Å². The van der Waals surface area contributed by atoms with Crippen molar-refractivity contribution in [1.29, 1.82) is 0 Å². The van der Waals surface area contributed by atoms with Crippen LogP contribution in [0, 0.1) is 6.92 Å². The second-order valence-corrected chi connectivity index (χ2v) is 6.65. The fraction of sp³-hybridized carbons (Fsp3) is 0.529. The molecule has 3 rings (SSSR count). The summed E-state index contributed by atoms with van der Waals surface area (Å²) >= 11 is 0. The predicted molar refractivity (Wildman–Crippen MR) is 93.8 cm³/mol. The highest BCUT2D eigenvalue weighted by molar-refractivity contribution is 6.39. The van der Waals surface area contributed by atoms with Crippen molar-refractivity contribution in [2.75, 3.05) is 25.5 Å². The zero-order valence-electron chi connectivity index (χ0n) is 14.9. The minimum Gasteiger partial charge on any atom is -0.480 e. The van der Waals surface area contributed by atoms with Crippen LogP contribution in [0.4, 0.5) is 10.5 Å². The van der Waals surface area contributed by atoms with E-state index in [4.69, 9.17) is 4.74 Å². The van der Waals surface area contributed by atoms with Crippen molar-refractivity contribution in [3.63, 3.8) is 0 Å². The molecule has 140 valence electrons. The van der Waals surface area contributed by atoms with Crippen LogP contribution in [0.3, 0.4) is 0 Å². The van der Waals surface area contributed by atoms with Gasteiger partial charge in [0.15, 0.2) is 0 Å². The lowest BCUT2D eigenvalue weighted by molar-refractivity contribution is -0.142. The van der Waals surface area contributed by atoms with Gasteiger partial charge in [0.2, 0.25) is 5.88 Å². The summed E-state index contributed by atoms with van der Waals surface area (Å²) < 4.78 is 5.10. The van der Waals surface area contributed by atoms with Gasteiger partial charge in [0.25, 0.3) is 0 Å². The molecule has 9 nitrogen and oxygen atoms in total. The number of nitrogens with zero attached hydrogens (tertiary/aromatic N) is 2. The maximum atomic E-state index is 12.4. The Bertz CT molecular complexity index is 719. The summed E-state index contributed by atoms with van der Waals surface area (Å²) in [6.07, 6.45) is 4.26. The summed E-state index contributed by atoms with van der Waals surface area (Å²) in [4.78, 5) is 41.9. The van der Waals surface area contributed by atoms with Crippen molar-refractivity contribution in [3.05, 3.63) is 17.8 Å². The third kappa shape index (κ3) is 4.41. The quantitative estimate of drug-likeness (QED) is 0.672. The molecule has 4 amide bonds. The van der Waals surface area contributed by atoms with E-state index in [-0.39, 0.29) is 24.0 Å². The summed E-state index contributed by atoms with van der Waals surface area (Å²) in [6, 6.07) is 1.60. The number of hydrogen-bond acceptors (Lipinski definition) is 5. The normalized spacial score (nSPS) is 19.0. The van der Waals surface area contributed by atoms with E-state index in [1.807, 2.05) is 6.92 Å². The Hall–Kier alpha value is -2.84. The van der Waals surface area contributed by atoms with Crippen molar-refractivity contribution in [3.8, 4) is 5.88 Å². The fourth-order valence-electron chi connectivity index (χ4n) is 2.83. The molecule has 1 saturated carbocycles. The third-order valence-corrected chi connectivity index (χ3v) is 4.35. The van der Waals surface area contributed by atoms with Crippen molar-refractivity contribution < 1.29 is 19.1 Å². The molecular formula is C17H23N5O4. The summed E-state index contributed by atoms with van der Waals surface area (Å²) in [5.41, 5.74) is 1.18. The standard InChI is InChI=1S/C17H23N5O4/c1-10-7-13(15(26-2)18-8-10)21-14(23)16(24)22-6-5-12(9-22)20-17(25)19-11-3-4-11/h7-8,11-12H,3-6,9H2,1-2H3,(H,21,23)(H2,19,20,25). The molecule has 2 aliphatic rings. The zero-order valence-corrected chi connectivity index (χ0v) is 14.9. The Morgan fingerprint density at radius 2 is 1.92 bits per heavy atom. The van der Waals surface area contributed by atoms with Crippen LogP contribution in [0.2, 0.25) is 0 Å². The molecule has 26 heavy (non-hydrogen) atoms. The van der Waals surface area contributed by atoms with Gasteiger partial charge in [0.05, 0.1) is 7.11 Å². The second kappa shape index (κ2) is 7.59. The van der Waals surface area contributed by atoms with E-state index < -0.39 is 11.8 Å². The molecule has 9 heteroatoms. The fourth-order valence-corrected chi connectivity index (χ4v) is 2.83. The Balaban J connectivity index is 1.53. The van der Waals surface area contributed by atoms with Gasteiger partial charge in [-0.2, -0.15) is 0 Å². The molecule has 0 bridgehead atoms. The smallest absolute Gasteiger partial charge is 0.315 e. The first-order valence-electron chi connectivity index (χ1n) is 8.64. The highest BCUT2D eigenvalue weighted by Crippen LogP contribution is 2.22. The van der Waals surface area contributed by atoms with Gasteiger partial charge < -0.3 is 25.6 Å². The number of likely N-dealkylation sites (tertiary alicyclic amines) is 1. The number of pyridine rings is 1. The lowest BCUT2D eigenvalue weighted by atomic mass is 10.3. The first-order valence-corrected chi connectivity index (χ1v) is 8.64. The molecule has 0 spiro atoms. The van der Waals surface area contributed by atoms with E-state index in [1.165, 1.54) is 12.0 Å². The van der Waals surface area contributed by atoms with Gasteiger partial charge in [-0.05, 0) is 37.8 Å².